The molecule has 0 atom stereocenters. The van der Waals surface area contributed by atoms with E-state index < -0.39 is 5.82 Å². The van der Waals surface area contributed by atoms with Crippen LogP contribution in [-0.2, 0) is 11.3 Å². The number of nitrogens with zero attached hydrogens (tertiary/aromatic N) is 3. The monoisotopic (exact) mass is 611 g/mol. The smallest absolute Gasteiger partial charge is 0.153 e. The van der Waals surface area contributed by atoms with Gasteiger partial charge in [-0.3, -0.25) is 9.97 Å². The number of hydrogen-bond acceptors (Lipinski definition) is 7. The fourth-order valence-electron chi connectivity index (χ4n) is 6.61. The van der Waals surface area contributed by atoms with E-state index in [1.165, 1.54) is 6.07 Å². The van der Waals surface area contributed by atoms with Gasteiger partial charge in [-0.15, -0.1) is 0 Å². The van der Waals surface area contributed by atoms with Gasteiger partial charge in [0.2, 0.25) is 0 Å². The van der Waals surface area contributed by atoms with Gasteiger partial charge in [0.15, 0.2) is 5.82 Å². The number of fused-ring (bicyclic) bond motifs is 4. The molecule has 10 heteroatoms. The fraction of sp³-hybridized carbons (Fsp3) is 0.469. The molecule has 7 nitrogen and oxygen atoms in total. The van der Waals surface area contributed by atoms with E-state index in [0.29, 0.717) is 63.9 Å². The molecule has 0 aliphatic heterocycles. The first kappa shape index (κ1) is 27.9. The molecule has 1 aromatic carbocycles. The zero-order chi connectivity index (χ0) is 28.9. The van der Waals surface area contributed by atoms with E-state index in [-0.39, 0.29) is 16.5 Å². The highest BCUT2D eigenvalue weighted by molar-refractivity contribution is 6.38. The van der Waals surface area contributed by atoms with E-state index in [2.05, 4.69) is 15.1 Å². The van der Waals surface area contributed by atoms with Crippen molar-refractivity contribution in [3.63, 3.8) is 0 Å². The van der Waals surface area contributed by atoms with Crippen molar-refractivity contribution in [3.8, 4) is 22.8 Å². The zero-order valence-electron chi connectivity index (χ0n) is 23.4. The normalized spacial score (nSPS) is 23.4. The third-order valence-corrected chi connectivity index (χ3v) is 9.86. The molecule has 2 bridgehead atoms. The van der Waals surface area contributed by atoms with Gasteiger partial charge in [0, 0.05) is 52.5 Å². The van der Waals surface area contributed by atoms with Gasteiger partial charge in [0.25, 0.3) is 0 Å². The Morgan fingerprint density at radius 2 is 1.76 bits per heavy atom. The molecule has 3 heterocycles. The Hall–Kier alpha value is -2.94. The third kappa shape index (κ3) is 5.12. The first-order valence-corrected chi connectivity index (χ1v) is 15.4. The molecule has 4 aromatic rings. The molecule has 0 radical (unpaired) electrons. The lowest BCUT2D eigenvalue weighted by atomic mass is 9.59. The molecule has 4 fully saturated rings. The number of halogens is 3. The number of benzene rings is 1. The first-order chi connectivity index (χ1) is 20.4. The molecule has 4 aliphatic rings. The van der Waals surface area contributed by atoms with Crippen molar-refractivity contribution >= 4 is 34.1 Å². The lowest BCUT2D eigenvalue weighted by molar-refractivity contribution is -0.150. The van der Waals surface area contributed by atoms with Crippen molar-refractivity contribution in [2.24, 2.45) is 5.41 Å². The van der Waals surface area contributed by atoms with Gasteiger partial charge in [-0.25, -0.2) is 4.39 Å². The van der Waals surface area contributed by atoms with Crippen LogP contribution in [0.25, 0.3) is 22.2 Å². The van der Waals surface area contributed by atoms with Gasteiger partial charge in [-0.2, -0.15) is 0 Å². The number of aromatic nitrogens is 3. The van der Waals surface area contributed by atoms with E-state index in [9.17, 15) is 4.39 Å². The summed E-state index contributed by atoms with van der Waals surface area (Å²) in [6.07, 6.45) is 12.7. The summed E-state index contributed by atoms with van der Waals surface area (Å²) in [6.45, 7) is 3.33. The van der Waals surface area contributed by atoms with Crippen LogP contribution in [0.2, 0.25) is 10.0 Å². The minimum Gasteiger partial charge on any atom is -0.493 e. The van der Waals surface area contributed by atoms with Crippen molar-refractivity contribution < 1.29 is 23.1 Å². The average molecular weight is 613 g/mol. The maximum Gasteiger partial charge on any atom is 0.153 e. The summed E-state index contributed by atoms with van der Waals surface area (Å²) in [4.78, 5) is 8.28. The number of rotatable bonds is 10. The molecule has 0 unspecified atom stereocenters. The summed E-state index contributed by atoms with van der Waals surface area (Å²) in [6, 6.07) is 5.02. The Morgan fingerprint density at radius 1 is 1.02 bits per heavy atom. The Balaban J connectivity index is 1.04. The zero-order valence-corrected chi connectivity index (χ0v) is 24.9. The molecule has 4 aliphatic carbocycles. The minimum absolute atomic E-state index is 0.0495. The van der Waals surface area contributed by atoms with Gasteiger partial charge < -0.3 is 18.7 Å². The Labute approximate surface area is 253 Å². The molecule has 3 aromatic heterocycles. The van der Waals surface area contributed by atoms with Gasteiger partial charge in [-0.05, 0) is 70.4 Å². The van der Waals surface area contributed by atoms with Crippen LogP contribution in [0.1, 0.15) is 75.5 Å². The van der Waals surface area contributed by atoms with Crippen LogP contribution in [0.5, 0.6) is 11.5 Å². The second-order valence-corrected chi connectivity index (χ2v) is 12.7. The second-order valence-electron chi connectivity index (χ2n) is 11.9. The number of ether oxygens (including phenoxy) is 3. The summed E-state index contributed by atoms with van der Waals surface area (Å²) in [5, 5.41) is 5.89. The summed E-state index contributed by atoms with van der Waals surface area (Å²) < 4.78 is 39.4. The molecule has 220 valence electrons. The summed E-state index contributed by atoms with van der Waals surface area (Å²) >= 11 is 13.0. The maximum absolute atomic E-state index is 14.9. The van der Waals surface area contributed by atoms with Crippen LogP contribution >= 0.6 is 23.2 Å². The number of hydrogen-bond donors (Lipinski definition) is 0. The SMILES string of the molecule is CCOc1ccnc2c(F)cc(OCC34CCC(OCc5c(-c6c(Cl)cncc6Cl)noc5C5CC5)(CC3)CC4)cc12. The van der Waals surface area contributed by atoms with Crippen LogP contribution < -0.4 is 9.47 Å². The van der Waals surface area contributed by atoms with E-state index in [0.717, 1.165) is 62.7 Å². The van der Waals surface area contributed by atoms with E-state index in [1.54, 1.807) is 24.7 Å². The summed E-state index contributed by atoms with van der Waals surface area (Å²) in [5.74, 6) is 1.95. The minimum atomic E-state index is -0.408. The highest BCUT2D eigenvalue weighted by Crippen LogP contribution is 2.55. The quantitative estimate of drug-likeness (QED) is 0.177. The molecule has 8 rings (SSSR count). The molecule has 0 saturated heterocycles. The predicted octanol–water partition coefficient (Wildman–Crippen LogP) is 8.70. The van der Waals surface area contributed by atoms with E-state index in [4.69, 9.17) is 41.9 Å². The molecule has 4 saturated carbocycles. The molecule has 42 heavy (non-hydrogen) atoms. The standard InChI is InChI=1S/C32H32Cl2FN3O4/c1-2-39-26-5-12-37-28-21(26)13-20(14-25(28)35)40-18-31-6-9-32(10-7-31,11-8-31)41-17-22-29(38-42-30(22)19-3-4-19)27-23(33)15-36-16-24(27)34/h5,12-16,19H,2-4,6-11,17-18H2,1H3. The van der Waals surface area contributed by atoms with Gasteiger partial charge in [0.1, 0.15) is 28.5 Å². The summed E-state index contributed by atoms with van der Waals surface area (Å²) in [5.41, 5.74) is 2.36. The molecular formula is C32H32Cl2FN3O4. The largest absolute Gasteiger partial charge is 0.493 e. The Bertz CT molecular complexity index is 1600. The fourth-order valence-corrected chi connectivity index (χ4v) is 7.16. The third-order valence-electron chi connectivity index (χ3n) is 9.29. The second kappa shape index (κ2) is 11.0. The molecular weight excluding hydrogens is 580 g/mol. The Morgan fingerprint density at radius 3 is 2.45 bits per heavy atom. The van der Waals surface area contributed by atoms with Gasteiger partial charge in [-0.1, -0.05) is 28.4 Å². The molecule has 0 amide bonds. The highest BCUT2D eigenvalue weighted by Gasteiger charge is 2.50. The first-order valence-electron chi connectivity index (χ1n) is 14.6. The highest BCUT2D eigenvalue weighted by atomic mass is 35.5. The van der Waals surface area contributed by atoms with Crippen LogP contribution in [0.15, 0.2) is 41.3 Å². The maximum atomic E-state index is 14.9. The lowest BCUT2D eigenvalue weighted by Gasteiger charge is -2.52. The topological polar surface area (TPSA) is 79.5 Å². The van der Waals surface area contributed by atoms with Crippen LogP contribution in [-0.4, -0.2) is 33.9 Å². The van der Waals surface area contributed by atoms with Crippen LogP contribution in [0.4, 0.5) is 4.39 Å². The van der Waals surface area contributed by atoms with Crippen molar-refractivity contribution in [3.05, 3.63) is 64.0 Å². The Kier molecular flexibility index (Phi) is 7.27. The molecule has 0 spiro atoms. The van der Waals surface area contributed by atoms with Crippen molar-refractivity contribution in [2.75, 3.05) is 13.2 Å². The summed E-state index contributed by atoms with van der Waals surface area (Å²) in [7, 11) is 0. The van der Waals surface area contributed by atoms with Crippen LogP contribution in [0.3, 0.4) is 0 Å². The van der Waals surface area contributed by atoms with E-state index >= 15 is 0 Å². The average Bonchev–Trinajstić information content (AvgIpc) is 3.76. The van der Waals surface area contributed by atoms with Crippen molar-refractivity contribution in [1.82, 2.24) is 15.1 Å². The predicted molar refractivity (Wildman–Crippen MR) is 158 cm³/mol. The van der Waals surface area contributed by atoms with Gasteiger partial charge in [0.05, 0.1) is 35.5 Å². The van der Waals surface area contributed by atoms with E-state index in [1.807, 2.05) is 13.0 Å². The van der Waals surface area contributed by atoms with Gasteiger partial charge >= 0.3 is 0 Å². The van der Waals surface area contributed by atoms with Crippen molar-refractivity contribution in [1.29, 1.82) is 0 Å². The number of pyridine rings is 2. The molecule has 0 N–H and O–H groups in total. The lowest BCUT2D eigenvalue weighted by Crippen LogP contribution is -2.49. The van der Waals surface area contributed by atoms with Crippen LogP contribution in [0, 0.1) is 11.2 Å². The van der Waals surface area contributed by atoms with Crippen molar-refractivity contribution in [2.45, 2.75) is 76.4 Å².